The minimum absolute atomic E-state index is 0. The number of hydrogen-bond acceptors (Lipinski definition) is 0. The summed E-state index contributed by atoms with van der Waals surface area (Å²) >= 11 is 0. The van der Waals surface area contributed by atoms with Gasteiger partial charge >= 0.3 is 26.2 Å². The molecule has 0 bridgehead atoms. The van der Waals surface area contributed by atoms with Gasteiger partial charge in [0.2, 0.25) is 0 Å². The zero-order valence-electron chi connectivity index (χ0n) is 13.2. The Hall–Kier alpha value is 0.133. The molecule has 4 aliphatic rings. The van der Waals surface area contributed by atoms with Crippen LogP contribution in [0.2, 0.25) is 0 Å². The molecule has 4 aliphatic carbocycles. The number of fused-ring (bicyclic) bond motifs is 2. The summed E-state index contributed by atoms with van der Waals surface area (Å²) in [6.07, 6.45) is 22.1. The Balaban J connectivity index is 0.000000882. The fourth-order valence-corrected chi connectivity index (χ4v) is 5.11. The van der Waals surface area contributed by atoms with Crippen LogP contribution in [0.15, 0.2) is 47.6 Å². The van der Waals surface area contributed by atoms with E-state index in [1.807, 2.05) is 0 Å². The molecule has 0 N–H and O–H groups in total. The summed E-state index contributed by atoms with van der Waals surface area (Å²) in [7, 11) is 0. The van der Waals surface area contributed by atoms with Crippen LogP contribution < -0.4 is 12.4 Å². The minimum atomic E-state index is 0. The van der Waals surface area contributed by atoms with Crippen molar-refractivity contribution in [1.82, 2.24) is 0 Å². The molecule has 0 amide bonds. The van der Waals surface area contributed by atoms with E-state index in [9.17, 15) is 0 Å². The van der Waals surface area contributed by atoms with E-state index in [2.05, 4.69) is 43.4 Å². The van der Waals surface area contributed by atoms with Gasteiger partial charge in [0.1, 0.15) is 0 Å². The molecule has 4 unspecified atom stereocenters. The molecule has 0 radical (unpaired) electrons. The molecule has 0 aromatic heterocycles. The van der Waals surface area contributed by atoms with Crippen molar-refractivity contribution in [2.24, 2.45) is 29.6 Å². The van der Waals surface area contributed by atoms with Crippen LogP contribution in [0.1, 0.15) is 38.5 Å². The van der Waals surface area contributed by atoms with Crippen LogP contribution in [0.25, 0.3) is 0 Å². The zero-order chi connectivity index (χ0) is 13.5. The summed E-state index contributed by atoms with van der Waals surface area (Å²) in [5.74, 6) is 3.78. The van der Waals surface area contributed by atoms with E-state index in [0.29, 0.717) is 5.92 Å². The monoisotopic (exact) mass is 390 g/mol. The summed E-state index contributed by atoms with van der Waals surface area (Å²) in [5, 5.41) is 0. The van der Waals surface area contributed by atoms with Crippen LogP contribution in [0.5, 0.6) is 0 Å². The smallest absolute Gasteiger partial charge is 1.00 e. The average molecular weight is 392 g/mol. The number of halogens is 1. The summed E-state index contributed by atoms with van der Waals surface area (Å²) in [4.78, 5) is 0. The van der Waals surface area contributed by atoms with Crippen LogP contribution in [0.3, 0.4) is 0 Å². The number of hydrogen-bond donors (Lipinski definition) is 0. The second-order valence-electron chi connectivity index (χ2n) is 7.09. The quantitative estimate of drug-likeness (QED) is 0.633. The first-order chi connectivity index (χ1) is 9.84. The molecule has 2 heteroatoms. The van der Waals surface area contributed by atoms with Gasteiger partial charge in [0.05, 0.1) is 0 Å². The Kier molecular flexibility index (Phi) is 6.55. The molecule has 0 spiro atoms. The molecule has 2 fully saturated rings. The maximum absolute atomic E-state index is 4.65. The largest absolute Gasteiger partial charge is 2.00 e. The fraction of sp³-hybridized carbons (Fsp3) is 0.550. The van der Waals surface area contributed by atoms with Gasteiger partial charge in [-0.2, -0.15) is 5.92 Å². The fourth-order valence-electron chi connectivity index (χ4n) is 5.11. The van der Waals surface area contributed by atoms with Crippen molar-refractivity contribution in [2.45, 2.75) is 38.5 Å². The van der Waals surface area contributed by atoms with Gasteiger partial charge in [-0.1, -0.05) is 47.6 Å². The van der Waals surface area contributed by atoms with Gasteiger partial charge in [-0.3, -0.25) is 0 Å². The van der Waals surface area contributed by atoms with Gasteiger partial charge in [0.15, 0.2) is 0 Å². The maximum Gasteiger partial charge on any atom is 2.00 e. The van der Waals surface area contributed by atoms with Crippen molar-refractivity contribution in [3.05, 3.63) is 54.5 Å². The summed E-state index contributed by atoms with van der Waals surface area (Å²) in [6, 6.07) is 0. The van der Waals surface area contributed by atoms with Gasteiger partial charge in [-0.05, 0) is 62.2 Å². The Morgan fingerprint density at radius 3 is 1.73 bits per heavy atom. The molecule has 0 aromatic rings. The SMILES string of the molecule is [CH2-]C(C1CCC2CC=CC=C21)C1CCC2CC=CC=C21.[Cl-].[Zr+2]. The van der Waals surface area contributed by atoms with Crippen LogP contribution in [0, 0.1) is 36.5 Å². The summed E-state index contributed by atoms with van der Waals surface area (Å²) in [5.41, 5.74) is 3.45. The van der Waals surface area contributed by atoms with Crippen molar-refractivity contribution in [2.75, 3.05) is 0 Å². The zero-order valence-corrected chi connectivity index (χ0v) is 16.4. The van der Waals surface area contributed by atoms with Crippen molar-refractivity contribution in [1.29, 1.82) is 0 Å². The van der Waals surface area contributed by atoms with E-state index in [1.165, 1.54) is 38.5 Å². The molecule has 0 aliphatic heterocycles. The third-order valence-corrected chi connectivity index (χ3v) is 6.18. The third-order valence-electron chi connectivity index (χ3n) is 6.18. The Morgan fingerprint density at radius 2 is 1.27 bits per heavy atom. The minimum Gasteiger partial charge on any atom is -1.00 e. The van der Waals surface area contributed by atoms with Crippen LogP contribution in [-0.4, -0.2) is 0 Å². The normalized spacial score (nSPS) is 36.4. The standard InChI is InChI=1S/C20H25.ClH.Zr/c1-14(17-12-10-15-6-2-4-8-19(15)17)18-13-11-16-7-3-5-9-20(16)18;;/h2-5,8-9,14-18H,1,6-7,10-13H2;1H;/q-1;;+2/p-1. The Labute approximate surface area is 160 Å². The van der Waals surface area contributed by atoms with E-state index < -0.39 is 0 Å². The van der Waals surface area contributed by atoms with Crippen molar-refractivity contribution < 1.29 is 38.6 Å². The molecule has 22 heavy (non-hydrogen) atoms. The predicted octanol–water partition coefficient (Wildman–Crippen LogP) is 2.26. The van der Waals surface area contributed by atoms with Crippen LogP contribution >= 0.6 is 0 Å². The predicted molar refractivity (Wildman–Crippen MR) is 85.0 cm³/mol. The second-order valence-corrected chi connectivity index (χ2v) is 7.09. The van der Waals surface area contributed by atoms with Crippen molar-refractivity contribution in [3.8, 4) is 0 Å². The first kappa shape index (κ1) is 18.5. The molecule has 0 saturated heterocycles. The van der Waals surface area contributed by atoms with Gasteiger partial charge in [0.25, 0.3) is 0 Å². The van der Waals surface area contributed by atoms with E-state index in [0.717, 1.165) is 23.7 Å². The van der Waals surface area contributed by atoms with E-state index >= 15 is 0 Å². The third kappa shape index (κ3) is 3.18. The topological polar surface area (TPSA) is 0 Å². The average Bonchev–Trinajstić information content (AvgIpc) is 3.11. The van der Waals surface area contributed by atoms with Crippen LogP contribution in [0.4, 0.5) is 0 Å². The molecular weight excluding hydrogens is 367 g/mol. The first-order valence-corrected chi connectivity index (χ1v) is 8.41. The Bertz CT molecular complexity index is 468. The number of rotatable bonds is 2. The van der Waals surface area contributed by atoms with E-state index in [4.69, 9.17) is 0 Å². The molecule has 0 aromatic carbocycles. The second kappa shape index (κ2) is 7.80. The van der Waals surface area contributed by atoms with Gasteiger partial charge in [-0.25, -0.2) is 0 Å². The molecule has 116 valence electrons. The Morgan fingerprint density at radius 1 is 0.818 bits per heavy atom. The molecular formula is C20H25ClZr. The maximum atomic E-state index is 4.65. The van der Waals surface area contributed by atoms with Crippen molar-refractivity contribution >= 4 is 0 Å². The molecule has 4 rings (SSSR count). The van der Waals surface area contributed by atoms with Gasteiger partial charge < -0.3 is 19.3 Å². The first-order valence-electron chi connectivity index (χ1n) is 8.41. The van der Waals surface area contributed by atoms with Crippen molar-refractivity contribution in [3.63, 3.8) is 0 Å². The molecule has 2 saturated carbocycles. The molecule has 0 nitrogen and oxygen atoms in total. The molecule has 4 atom stereocenters. The van der Waals surface area contributed by atoms with Gasteiger partial charge in [0, 0.05) is 0 Å². The summed E-state index contributed by atoms with van der Waals surface area (Å²) < 4.78 is 0. The van der Waals surface area contributed by atoms with E-state index in [1.54, 1.807) is 11.1 Å². The number of allylic oxidation sites excluding steroid dienone is 8. The summed E-state index contributed by atoms with van der Waals surface area (Å²) in [6.45, 7) is 4.65. The van der Waals surface area contributed by atoms with Gasteiger partial charge in [-0.15, -0.1) is 0 Å². The molecule has 0 heterocycles. The van der Waals surface area contributed by atoms with Crippen LogP contribution in [-0.2, 0) is 26.2 Å². The van der Waals surface area contributed by atoms with E-state index in [-0.39, 0.29) is 38.6 Å².